The third-order valence-corrected chi connectivity index (χ3v) is 3.27. The van der Waals surface area contributed by atoms with E-state index in [4.69, 9.17) is 5.11 Å². The van der Waals surface area contributed by atoms with Crippen LogP contribution in [0.3, 0.4) is 0 Å². The highest BCUT2D eigenvalue weighted by Crippen LogP contribution is 2.14. The number of unbranched alkanes of at least 4 members (excludes halogenated alkanes) is 5. The molecule has 15 heavy (non-hydrogen) atoms. The highest BCUT2D eigenvalue weighted by molar-refractivity contribution is 4.52. The predicted molar refractivity (Wildman–Crippen MR) is 68.1 cm³/mol. The van der Waals surface area contributed by atoms with Crippen LogP contribution < -0.4 is 0 Å². The van der Waals surface area contributed by atoms with Crippen LogP contribution in [0.1, 0.15) is 78.6 Å². The number of rotatable bonds is 10. The molecule has 92 valence electrons. The molecule has 2 atom stereocenters. The smallest absolute Gasteiger partial charge is 0.0512 e. The van der Waals surface area contributed by atoms with E-state index >= 15 is 0 Å². The average molecular weight is 214 g/mol. The number of hydrogen-bond acceptors (Lipinski definition) is 1. The van der Waals surface area contributed by atoms with Gasteiger partial charge in [-0.2, -0.15) is 0 Å². The summed E-state index contributed by atoms with van der Waals surface area (Å²) in [5, 5.41) is 9.08. The van der Waals surface area contributed by atoms with Crippen molar-refractivity contribution in [1.82, 2.24) is 0 Å². The minimum atomic E-state index is -0.101. The summed E-state index contributed by atoms with van der Waals surface area (Å²) in [5.41, 5.74) is 0. The summed E-state index contributed by atoms with van der Waals surface area (Å²) in [6, 6.07) is 0. The Kier molecular flexibility index (Phi) is 10.4. The minimum Gasteiger partial charge on any atom is -0.393 e. The van der Waals surface area contributed by atoms with Gasteiger partial charge in [0.05, 0.1) is 6.10 Å². The maximum absolute atomic E-state index is 9.08. The lowest BCUT2D eigenvalue weighted by Crippen LogP contribution is -1.98. The summed E-state index contributed by atoms with van der Waals surface area (Å²) in [5.74, 6) is 0.917. The van der Waals surface area contributed by atoms with Crippen molar-refractivity contribution in [3.63, 3.8) is 0 Å². The third kappa shape index (κ3) is 11.9. The standard InChI is InChI=1S/C14H30O/c1-4-13(2)11-9-7-5-6-8-10-12-14(3)15/h13-15H,4-12H2,1-3H3. The van der Waals surface area contributed by atoms with Crippen LogP contribution in [-0.2, 0) is 0 Å². The highest BCUT2D eigenvalue weighted by Gasteiger charge is 1.98. The Bertz CT molecular complexity index is 121. The van der Waals surface area contributed by atoms with Crippen molar-refractivity contribution >= 4 is 0 Å². The van der Waals surface area contributed by atoms with Crippen LogP contribution in [-0.4, -0.2) is 11.2 Å². The molecular weight excluding hydrogens is 184 g/mol. The topological polar surface area (TPSA) is 20.2 Å². The molecular formula is C14H30O. The second kappa shape index (κ2) is 10.5. The molecule has 0 heterocycles. The Morgan fingerprint density at radius 2 is 1.27 bits per heavy atom. The fraction of sp³-hybridized carbons (Fsp3) is 1.00. The minimum absolute atomic E-state index is 0.101. The van der Waals surface area contributed by atoms with E-state index in [-0.39, 0.29) is 6.10 Å². The summed E-state index contributed by atoms with van der Waals surface area (Å²) in [6.45, 7) is 6.51. The maximum atomic E-state index is 9.08. The summed E-state index contributed by atoms with van der Waals surface area (Å²) < 4.78 is 0. The van der Waals surface area contributed by atoms with Crippen LogP contribution in [0.15, 0.2) is 0 Å². The Hall–Kier alpha value is -0.0400. The zero-order valence-corrected chi connectivity index (χ0v) is 11.0. The molecule has 0 aliphatic carbocycles. The molecule has 0 aliphatic heterocycles. The van der Waals surface area contributed by atoms with Crippen LogP contribution >= 0.6 is 0 Å². The van der Waals surface area contributed by atoms with E-state index in [1.54, 1.807) is 0 Å². The maximum Gasteiger partial charge on any atom is 0.0512 e. The van der Waals surface area contributed by atoms with E-state index < -0.39 is 0 Å². The molecule has 0 spiro atoms. The van der Waals surface area contributed by atoms with E-state index in [0.29, 0.717) is 0 Å². The van der Waals surface area contributed by atoms with Gasteiger partial charge in [-0.3, -0.25) is 0 Å². The molecule has 0 bridgehead atoms. The van der Waals surface area contributed by atoms with E-state index in [2.05, 4.69) is 13.8 Å². The van der Waals surface area contributed by atoms with Crippen molar-refractivity contribution in [2.24, 2.45) is 5.92 Å². The largest absolute Gasteiger partial charge is 0.393 e. The van der Waals surface area contributed by atoms with Crippen molar-refractivity contribution < 1.29 is 5.11 Å². The van der Waals surface area contributed by atoms with Crippen LogP contribution in [0.2, 0.25) is 0 Å². The normalized spacial score (nSPS) is 15.2. The summed E-state index contributed by atoms with van der Waals surface area (Å²) in [4.78, 5) is 0. The molecule has 2 unspecified atom stereocenters. The summed E-state index contributed by atoms with van der Waals surface area (Å²) in [6.07, 6.45) is 11.7. The monoisotopic (exact) mass is 214 g/mol. The second-order valence-electron chi connectivity index (χ2n) is 5.06. The molecule has 0 fully saturated rings. The summed E-state index contributed by atoms with van der Waals surface area (Å²) in [7, 11) is 0. The Labute approximate surface area is 96.3 Å². The van der Waals surface area contributed by atoms with Gasteiger partial charge in [-0.25, -0.2) is 0 Å². The SMILES string of the molecule is CCC(C)CCCCCCCCC(C)O. The van der Waals surface area contributed by atoms with Gasteiger partial charge in [0.25, 0.3) is 0 Å². The fourth-order valence-electron chi connectivity index (χ4n) is 1.84. The van der Waals surface area contributed by atoms with Gasteiger partial charge in [-0.05, 0) is 19.3 Å². The van der Waals surface area contributed by atoms with Crippen LogP contribution in [0.25, 0.3) is 0 Å². The molecule has 0 saturated heterocycles. The molecule has 0 aromatic heterocycles. The first-order valence-corrected chi connectivity index (χ1v) is 6.84. The molecule has 0 rings (SSSR count). The van der Waals surface area contributed by atoms with Gasteiger partial charge in [0.15, 0.2) is 0 Å². The molecule has 0 aromatic carbocycles. The quantitative estimate of drug-likeness (QED) is 0.530. The van der Waals surface area contributed by atoms with E-state index in [0.717, 1.165) is 12.3 Å². The number of hydrogen-bond donors (Lipinski definition) is 1. The molecule has 0 saturated carbocycles. The lowest BCUT2D eigenvalue weighted by atomic mass is 9.99. The molecule has 0 aromatic rings. The Balaban J connectivity index is 2.99. The van der Waals surface area contributed by atoms with Gasteiger partial charge in [0.1, 0.15) is 0 Å². The molecule has 1 nitrogen and oxygen atoms in total. The predicted octanol–water partition coefficient (Wildman–Crippen LogP) is 4.53. The van der Waals surface area contributed by atoms with Gasteiger partial charge < -0.3 is 5.11 Å². The van der Waals surface area contributed by atoms with Gasteiger partial charge in [-0.15, -0.1) is 0 Å². The zero-order valence-electron chi connectivity index (χ0n) is 11.0. The molecule has 0 amide bonds. The molecule has 0 radical (unpaired) electrons. The fourth-order valence-corrected chi connectivity index (χ4v) is 1.84. The van der Waals surface area contributed by atoms with Crippen molar-refractivity contribution in [3.05, 3.63) is 0 Å². The third-order valence-electron chi connectivity index (χ3n) is 3.27. The first kappa shape index (κ1) is 15.0. The average Bonchev–Trinajstić information content (AvgIpc) is 2.21. The van der Waals surface area contributed by atoms with Crippen molar-refractivity contribution in [3.8, 4) is 0 Å². The van der Waals surface area contributed by atoms with Crippen LogP contribution in [0.5, 0.6) is 0 Å². The summed E-state index contributed by atoms with van der Waals surface area (Å²) >= 11 is 0. The van der Waals surface area contributed by atoms with Crippen molar-refractivity contribution in [1.29, 1.82) is 0 Å². The van der Waals surface area contributed by atoms with E-state index in [1.807, 2.05) is 6.92 Å². The Morgan fingerprint density at radius 3 is 1.73 bits per heavy atom. The van der Waals surface area contributed by atoms with Crippen molar-refractivity contribution in [2.45, 2.75) is 84.7 Å². The lowest BCUT2D eigenvalue weighted by molar-refractivity contribution is 0.180. The second-order valence-corrected chi connectivity index (χ2v) is 5.06. The van der Waals surface area contributed by atoms with Crippen LogP contribution in [0, 0.1) is 5.92 Å². The highest BCUT2D eigenvalue weighted by atomic mass is 16.3. The van der Waals surface area contributed by atoms with Gasteiger partial charge >= 0.3 is 0 Å². The van der Waals surface area contributed by atoms with Gasteiger partial charge in [0, 0.05) is 0 Å². The van der Waals surface area contributed by atoms with Crippen LogP contribution in [0.4, 0.5) is 0 Å². The first-order valence-electron chi connectivity index (χ1n) is 6.84. The zero-order chi connectivity index (χ0) is 11.5. The molecule has 0 aliphatic rings. The Morgan fingerprint density at radius 1 is 0.800 bits per heavy atom. The van der Waals surface area contributed by atoms with Gasteiger partial charge in [0.2, 0.25) is 0 Å². The first-order chi connectivity index (χ1) is 7.16. The lowest BCUT2D eigenvalue weighted by Gasteiger charge is -2.07. The van der Waals surface area contributed by atoms with Crippen molar-refractivity contribution in [2.75, 3.05) is 0 Å². The number of aliphatic hydroxyl groups is 1. The van der Waals surface area contributed by atoms with E-state index in [1.165, 1.54) is 51.4 Å². The van der Waals surface area contributed by atoms with Gasteiger partial charge in [-0.1, -0.05) is 65.2 Å². The number of aliphatic hydroxyl groups excluding tert-OH is 1. The van der Waals surface area contributed by atoms with E-state index in [9.17, 15) is 0 Å². The molecule has 1 N–H and O–H groups in total. The molecule has 1 heteroatoms.